The lowest BCUT2D eigenvalue weighted by Crippen LogP contribution is -2.69. The van der Waals surface area contributed by atoms with Crippen LogP contribution in [-0.2, 0) is 14.4 Å². The van der Waals surface area contributed by atoms with Crippen LogP contribution in [0.2, 0.25) is 0 Å². The fraction of sp³-hybridized carbons (Fsp3) is 0.900. The number of hydrogen-bond donors (Lipinski definition) is 4. The number of primary amides is 3. The van der Waals surface area contributed by atoms with E-state index in [4.69, 9.17) is 17.2 Å². The van der Waals surface area contributed by atoms with Gasteiger partial charge in [-0.2, -0.15) is 0 Å². The van der Waals surface area contributed by atoms with Crippen molar-refractivity contribution in [3.63, 3.8) is 0 Å². The Morgan fingerprint density at radius 2 is 1.03 bits per heavy atom. The molecule has 218 valence electrons. The molecule has 0 aromatic heterocycles. The zero-order valence-electron chi connectivity index (χ0n) is 24.8. The predicted molar refractivity (Wildman–Crippen MR) is 152 cm³/mol. The van der Waals surface area contributed by atoms with E-state index in [1.54, 1.807) is 0 Å². The maximum Gasteiger partial charge on any atom is 0.251 e. The van der Waals surface area contributed by atoms with Gasteiger partial charge in [-0.25, -0.2) is 0 Å². The van der Waals surface area contributed by atoms with E-state index in [2.05, 4.69) is 20.8 Å². The molecule has 7 heteroatoms. The fourth-order valence-electron chi connectivity index (χ4n) is 6.20. The largest absolute Gasteiger partial charge is 0.378 e. The Labute approximate surface area is 227 Å². The molecule has 0 rings (SSSR count). The van der Waals surface area contributed by atoms with Crippen LogP contribution in [0.25, 0.3) is 0 Å². The van der Waals surface area contributed by atoms with Crippen molar-refractivity contribution in [2.24, 2.45) is 46.3 Å². The molecule has 7 N–H and O–H groups in total. The molecule has 0 saturated heterocycles. The van der Waals surface area contributed by atoms with Gasteiger partial charge in [-0.15, -0.1) is 0 Å². The number of hydrogen-bond acceptors (Lipinski definition) is 4. The lowest BCUT2D eigenvalue weighted by Gasteiger charge is -2.49. The monoisotopic (exact) mass is 525 g/mol. The maximum atomic E-state index is 13.6. The molecular formula is C30H59N3O4. The van der Waals surface area contributed by atoms with Crippen molar-refractivity contribution >= 4 is 17.7 Å². The van der Waals surface area contributed by atoms with Crippen LogP contribution in [0.1, 0.15) is 138 Å². The normalized spacial score (nSPS) is 18.2. The molecule has 0 aliphatic rings. The first-order valence-electron chi connectivity index (χ1n) is 15.1. The Hall–Kier alpha value is -1.63. The zero-order valence-corrected chi connectivity index (χ0v) is 24.8. The highest BCUT2D eigenvalue weighted by Crippen LogP contribution is 2.51. The summed E-state index contributed by atoms with van der Waals surface area (Å²) < 4.78 is 0. The molecule has 0 saturated carbocycles. The molecule has 0 radical (unpaired) electrons. The smallest absolute Gasteiger partial charge is 0.251 e. The van der Waals surface area contributed by atoms with Crippen LogP contribution in [0.5, 0.6) is 0 Å². The summed E-state index contributed by atoms with van der Waals surface area (Å²) in [4.78, 5) is 39.9. The van der Waals surface area contributed by atoms with Crippen LogP contribution in [0.3, 0.4) is 0 Å². The van der Waals surface area contributed by atoms with E-state index in [1.807, 2.05) is 20.8 Å². The molecule has 5 unspecified atom stereocenters. The van der Waals surface area contributed by atoms with E-state index in [9.17, 15) is 19.5 Å². The van der Waals surface area contributed by atoms with E-state index >= 15 is 0 Å². The maximum absolute atomic E-state index is 13.6. The zero-order chi connectivity index (χ0) is 28.6. The molecule has 0 aliphatic carbocycles. The summed E-state index contributed by atoms with van der Waals surface area (Å²) in [6.07, 6.45) is 11.4. The van der Waals surface area contributed by atoms with Gasteiger partial charge in [-0.05, 0) is 37.0 Å². The third-order valence-electron chi connectivity index (χ3n) is 8.90. The number of carbonyl (C=O) groups is 3. The van der Waals surface area contributed by atoms with Gasteiger partial charge in [-0.1, -0.05) is 119 Å². The molecule has 0 bridgehead atoms. The Balaban J connectivity index is 7.05. The number of nitrogens with two attached hydrogens (primary N) is 3. The number of aliphatic hydroxyl groups is 1. The summed E-state index contributed by atoms with van der Waals surface area (Å²) in [5.74, 6) is -3.74. The SMILES string of the molecule is CCCCC(CC)CC(C(N)=O)C(O)(C(N)=O)C(CC(CC)CCCC)(CC(CC)CCCC)C(N)=O. The first kappa shape index (κ1) is 35.4. The number of amides is 3. The van der Waals surface area contributed by atoms with Crippen LogP contribution < -0.4 is 17.2 Å². The molecular weight excluding hydrogens is 466 g/mol. The van der Waals surface area contributed by atoms with Crippen molar-refractivity contribution in [2.75, 3.05) is 0 Å². The van der Waals surface area contributed by atoms with Gasteiger partial charge in [0.15, 0.2) is 5.60 Å². The topological polar surface area (TPSA) is 150 Å². The third-order valence-corrected chi connectivity index (χ3v) is 8.90. The van der Waals surface area contributed by atoms with Crippen molar-refractivity contribution < 1.29 is 19.5 Å². The quantitative estimate of drug-likeness (QED) is 0.137. The Bertz CT molecular complexity index is 666. The van der Waals surface area contributed by atoms with Crippen molar-refractivity contribution in [3.8, 4) is 0 Å². The molecule has 5 atom stereocenters. The summed E-state index contributed by atoms with van der Waals surface area (Å²) >= 11 is 0. The molecule has 0 aliphatic heterocycles. The summed E-state index contributed by atoms with van der Waals surface area (Å²) in [6, 6.07) is 0. The highest BCUT2D eigenvalue weighted by molar-refractivity contribution is 5.98. The van der Waals surface area contributed by atoms with Crippen molar-refractivity contribution in [1.29, 1.82) is 0 Å². The molecule has 7 nitrogen and oxygen atoms in total. The van der Waals surface area contributed by atoms with E-state index in [0.29, 0.717) is 0 Å². The minimum atomic E-state index is -2.45. The van der Waals surface area contributed by atoms with E-state index < -0.39 is 34.7 Å². The van der Waals surface area contributed by atoms with Gasteiger partial charge >= 0.3 is 0 Å². The van der Waals surface area contributed by atoms with Gasteiger partial charge in [-0.3, -0.25) is 14.4 Å². The highest BCUT2D eigenvalue weighted by Gasteiger charge is 2.64. The first-order valence-corrected chi connectivity index (χ1v) is 15.1. The van der Waals surface area contributed by atoms with Crippen LogP contribution in [0.15, 0.2) is 0 Å². The Morgan fingerprint density at radius 1 is 0.649 bits per heavy atom. The standard InChI is InChI=1S/C30H59N3O4/c1-7-13-16-22(10-4)19-25(26(31)34)30(37,28(33)36)29(27(32)35,20-23(11-5)17-14-8-2)21-24(12-6)18-15-9-3/h22-25,37H,7-21H2,1-6H3,(H2,31,34)(H2,32,35)(H2,33,36). The second-order valence-corrected chi connectivity index (χ2v) is 11.4. The summed E-state index contributed by atoms with van der Waals surface area (Å²) in [7, 11) is 0. The van der Waals surface area contributed by atoms with Gasteiger partial charge in [0.2, 0.25) is 11.8 Å². The van der Waals surface area contributed by atoms with Crippen molar-refractivity contribution in [3.05, 3.63) is 0 Å². The van der Waals surface area contributed by atoms with E-state index in [-0.39, 0.29) is 37.0 Å². The average molecular weight is 526 g/mol. The van der Waals surface area contributed by atoms with Crippen LogP contribution in [0.4, 0.5) is 0 Å². The number of carbonyl (C=O) groups excluding carboxylic acids is 3. The minimum Gasteiger partial charge on any atom is -0.378 e. The van der Waals surface area contributed by atoms with Crippen LogP contribution >= 0.6 is 0 Å². The van der Waals surface area contributed by atoms with Crippen molar-refractivity contribution in [2.45, 2.75) is 143 Å². The van der Waals surface area contributed by atoms with Gasteiger partial charge in [0.05, 0.1) is 11.3 Å². The van der Waals surface area contributed by atoms with Crippen LogP contribution in [0, 0.1) is 29.1 Å². The predicted octanol–water partition coefficient (Wildman–Crippen LogP) is 5.60. The van der Waals surface area contributed by atoms with E-state index in [0.717, 1.165) is 77.0 Å². The average Bonchev–Trinajstić information content (AvgIpc) is 2.87. The second kappa shape index (κ2) is 17.8. The van der Waals surface area contributed by atoms with E-state index in [1.165, 1.54) is 0 Å². The minimum absolute atomic E-state index is 0.0533. The molecule has 37 heavy (non-hydrogen) atoms. The van der Waals surface area contributed by atoms with Crippen molar-refractivity contribution in [1.82, 2.24) is 0 Å². The molecule has 0 aromatic carbocycles. The molecule has 0 aromatic rings. The van der Waals surface area contributed by atoms with Gasteiger partial charge in [0, 0.05) is 0 Å². The molecule has 0 fully saturated rings. The summed E-state index contributed by atoms with van der Waals surface area (Å²) in [5.41, 5.74) is 13.9. The second-order valence-electron chi connectivity index (χ2n) is 11.4. The van der Waals surface area contributed by atoms with Gasteiger partial charge < -0.3 is 22.3 Å². The van der Waals surface area contributed by atoms with Gasteiger partial charge in [0.1, 0.15) is 0 Å². The van der Waals surface area contributed by atoms with Gasteiger partial charge in [0.25, 0.3) is 5.91 Å². The lowest BCUT2D eigenvalue weighted by molar-refractivity contribution is -0.184. The molecule has 0 spiro atoms. The first-order chi connectivity index (χ1) is 17.4. The third kappa shape index (κ3) is 9.56. The number of rotatable bonds is 23. The van der Waals surface area contributed by atoms with Crippen LogP contribution in [-0.4, -0.2) is 28.4 Å². The Kier molecular flexibility index (Phi) is 17.0. The Morgan fingerprint density at radius 3 is 1.30 bits per heavy atom. The summed E-state index contributed by atoms with van der Waals surface area (Å²) in [6.45, 7) is 12.4. The molecule has 0 heterocycles. The fourth-order valence-corrected chi connectivity index (χ4v) is 6.20. The lowest BCUT2D eigenvalue weighted by atomic mass is 9.55. The highest BCUT2D eigenvalue weighted by atomic mass is 16.3. The number of unbranched alkanes of at least 4 members (excludes halogenated alkanes) is 3. The summed E-state index contributed by atoms with van der Waals surface area (Å²) in [5, 5.41) is 12.4. The molecule has 3 amide bonds.